The topological polar surface area (TPSA) is 9.23 Å². The Labute approximate surface area is 99.3 Å². The van der Waals surface area contributed by atoms with Crippen LogP contribution in [0.25, 0.3) is 0 Å². The van der Waals surface area contributed by atoms with E-state index >= 15 is 0 Å². The Morgan fingerprint density at radius 1 is 1.40 bits per heavy atom. The van der Waals surface area contributed by atoms with Gasteiger partial charge in [-0.05, 0) is 19.1 Å². The minimum Gasteiger partial charge on any atom is -0.364 e. The first-order valence-corrected chi connectivity index (χ1v) is 5.44. The van der Waals surface area contributed by atoms with Gasteiger partial charge in [0.25, 0.3) is 0 Å². The van der Waals surface area contributed by atoms with Crippen LogP contribution in [-0.4, -0.2) is 13.2 Å². The monoisotopic (exact) mass is 264 g/mol. The molecule has 0 spiro atoms. The van der Waals surface area contributed by atoms with Crippen molar-refractivity contribution in [2.24, 2.45) is 0 Å². The quantitative estimate of drug-likeness (QED) is 0.602. The van der Waals surface area contributed by atoms with Gasteiger partial charge in [-0.3, -0.25) is 0 Å². The number of halogens is 1. The van der Waals surface area contributed by atoms with Crippen LogP contribution < -0.4 is 0 Å². The molecule has 15 heavy (non-hydrogen) atoms. The van der Waals surface area contributed by atoms with Gasteiger partial charge < -0.3 is 4.74 Å². The Hall–Kier alpha value is -1.04. The summed E-state index contributed by atoms with van der Waals surface area (Å²) < 4.78 is 6.05. The molecule has 0 fully saturated rings. The van der Waals surface area contributed by atoms with E-state index < -0.39 is 0 Å². The molecule has 0 aliphatic heterocycles. The Bertz CT molecular complexity index is 381. The van der Waals surface area contributed by atoms with Crippen LogP contribution in [0.1, 0.15) is 11.1 Å². The molecule has 78 valence electrons. The maximum Gasteiger partial charge on any atom is 0.108 e. The van der Waals surface area contributed by atoms with E-state index in [1.54, 1.807) is 0 Å². The fraction of sp³-hybridized carbons (Fsp3) is 0.231. The molecular weight excluding hydrogens is 252 g/mol. The molecule has 0 atom stereocenters. The molecule has 0 unspecified atom stereocenters. The molecule has 0 saturated heterocycles. The summed E-state index contributed by atoms with van der Waals surface area (Å²) in [4.78, 5) is 0. The summed E-state index contributed by atoms with van der Waals surface area (Å²) in [6, 6.07) is 8.11. The van der Waals surface area contributed by atoms with Crippen LogP contribution in [0.2, 0.25) is 0 Å². The zero-order valence-electron chi connectivity index (χ0n) is 8.72. The van der Waals surface area contributed by atoms with Crippen LogP contribution in [0.15, 0.2) is 35.3 Å². The highest BCUT2D eigenvalue weighted by Crippen LogP contribution is 2.01. The van der Waals surface area contributed by atoms with Crippen LogP contribution in [-0.2, 0) is 4.74 Å². The molecular formula is C13H13BrO. The fourth-order valence-electron chi connectivity index (χ4n) is 0.988. The predicted octanol–water partition coefficient (Wildman–Crippen LogP) is 3.27. The zero-order valence-corrected chi connectivity index (χ0v) is 10.3. The lowest BCUT2D eigenvalue weighted by Crippen LogP contribution is -1.93. The number of hydrogen-bond donors (Lipinski definition) is 0. The van der Waals surface area contributed by atoms with Gasteiger partial charge in [0.15, 0.2) is 0 Å². The van der Waals surface area contributed by atoms with E-state index in [1.165, 1.54) is 5.56 Å². The van der Waals surface area contributed by atoms with E-state index in [4.69, 9.17) is 4.74 Å². The summed E-state index contributed by atoms with van der Waals surface area (Å²) in [5.74, 6) is 5.97. The number of rotatable bonds is 3. The lowest BCUT2D eigenvalue weighted by Gasteiger charge is -1.95. The Kier molecular flexibility index (Phi) is 5.17. The van der Waals surface area contributed by atoms with Crippen LogP contribution >= 0.6 is 15.9 Å². The second kappa shape index (κ2) is 6.44. The molecule has 0 aliphatic carbocycles. The zero-order chi connectivity index (χ0) is 11.1. The van der Waals surface area contributed by atoms with Crippen molar-refractivity contribution >= 4 is 15.9 Å². The van der Waals surface area contributed by atoms with E-state index in [1.807, 2.05) is 24.3 Å². The van der Waals surface area contributed by atoms with Gasteiger partial charge in [0.1, 0.15) is 6.61 Å². The second-order valence-corrected chi connectivity index (χ2v) is 4.30. The fourth-order valence-corrected chi connectivity index (χ4v) is 1.15. The van der Waals surface area contributed by atoms with Crippen LogP contribution in [0.5, 0.6) is 0 Å². The highest BCUT2D eigenvalue weighted by molar-refractivity contribution is 9.11. The normalized spacial score (nSPS) is 9.20. The molecule has 0 aromatic heterocycles. The highest BCUT2D eigenvalue weighted by atomic mass is 79.9. The first kappa shape index (κ1) is 12.0. The van der Waals surface area contributed by atoms with E-state index in [0.717, 1.165) is 10.0 Å². The number of ether oxygens (including phenoxy) is 1. The molecule has 2 heteroatoms. The molecule has 1 nitrogen and oxygen atoms in total. The van der Waals surface area contributed by atoms with E-state index in [0.29, 0.717) is 13.2 Å². The molecule has 1 aromatic carbocycles. The molecule has 0 heterocycles. The van der Waals surface area contributed by atoms with Crippen molar-refractivity contribution < 1.29 is 4.74 Å². The van der Waals surface area contributed by atoms with Gasteiger partial charge in [0.2, 0.25) is 0 Å². The van der Waals surface area contributed by atoms with Crippen LogP contribution in [0, 0.1) is 18.8 Å². The Morgan fingerprint density at radius 2 is 2.07 bits per heavy atom. The van der Waals surface area contributed by atoms with Crippen molar-refractivity contribution in [1.82, 2.24) is 0 Å². The van der Waals surface area contributed by atoms with E-state index in [2.05, 4.69) is 41.3 Å². The van der Waals surface area contributed by atoms with Crippen molar-refractivity contribution in [3.63, 3.8) is 0 Å². The standard InChI is InChI=1S/C13H13BrO/c1-11-5-7-13(8-6-11)4-3-9-15-10-12(2)14/h5-8H,2,9-10H2,1H3. The van der Waals surface area contributed by atoms with Gasteiger partial charge in [-0.1, -0.05) is 52.0 Å². The summed E-state index contributed by atoms with van der Waals surface area (Å²) in [6.07, 6.45) is 0. The van der Waals surface area contributed by atoms with Crippen molar-refractivity contribution in [3.05, 3.63) is 46.5 Å². The molecule has 0 radical (unpaired) electrons. The Morgan fingerprint density at radius 3 is 2.67 bits per heavy atom. The van der Waals surface area contributed by atoms with Gasteiger partial charge in [-0.2, -0.15) is 0 Å². The first-order valence-electron chi connectivity index (χ1n) is 4.65. The summed E-state index contributed by atoms with van der Waals surface area (Å²) in [6.45, 7) is 6.65. The third kappa shape index (κ3) is 5.41. The summed E-state index contributed by atoms with van der Waals surface area (Å²) >= 11 is 3.21. The minimum absolute atomic E-state index is 0.429. The van der Waals surface area contributed by atoms with E-state index in [9.17, 15) is 0 Å². The molecule has 1 aromatic rings. The van der Waals surface area contributed by atoms with Gasteiger partial charge in [0, 0.05) is 10.0 Å². The van der Waals surface area contributed by atoms with Crippen molar-refractivity contribution in [2.45, 2.75) is 6.92 Å². The lowest BCUT2D eigenvalue weighted by molar-refractivity contribution is 0.198. The lowest BCUT2D eigenvalue weighted by atomic mass is 10.2. The van der Waals surface area contributed by atoms with Crippen molar-refractivity contribution in [3.8, 4) is 11.8 Å². The predicted molar refractivity (Wildman–Crippen MR) is 66.9 cm³/mol. The van der Waals surface area contributed by atoms with Gasteiger partial charge in [0.05, 0.1) is 6.61 Å². The average Bonchev–Trinajstić information content (AvgIpc) is 2.20. The summed E-state index contributed by atoms with van der Waals surface area (Å²) in [7, 11) is 0. The highest BCUT2D eigenvalue weighted by Gasteiger charge is 1.87. The van der Waals surface area contributed by atoms with Gasteiger partial charge in [-0.15, -0.1) is 0 Å². The number of benzene rings is 1. The second-order valence-electron chi connectivity index (χ2n) is 3.18. The SMILES string of the molecule is C=C(Br)COCC#Cc1ccc(C)cc1. The maximum atomic E-state index is 5.22. The smallest absolute Gasteiger partial charge is 0.108 e. The molecule has 0 N–H and O–H groups in total. The van der Waals surface area contributed by atoms with Crippen LogP contribution in [0.3, 0.4) is 0 Å². The van der Waals surface area contributed by atoms with Gasteiger partial charge >= 0.3 is 0 Å². The van der Waals surface area contributed by atoms with Crippen LogP contribution in [0.4, 0.5) is 0 Å². The van der Waals surface area contributed by atoms with Crippen molar-refractivity contribution in [1.29, 1.82) is 0 Å². The third-order valence-electron chi connectivity index (χ3n) is 1.72. The molecule has 0 saturated carbocycles. The van der Waals surface area contributed by atoms with Gasteiger partial charge in [-0.25, -0.2) is 0 Å². The number of hydrogen-bond acceptors (Lipinski definition) is 1. The molecule has 0 amide bonds. The molecule has 0 aliphatic rings. The minimum atomic E-state index is 0.429. The molecule has 0 bridgehead atoms. The first-order chi connectivity index (χ1) is 7.18. The summed E-state index contributed by atoms with van der Waals surface area (Å²) in [5, 5.41) is 0. The third-order valence-corrected chi connectivity index (χ3v) is 1.95. The van der Waals surface area contributed by atoms with Crippen molar-refractivity contribution in [2.75, 3.05) is 13.2 Å². The molecule has 1 rings (SSSR count). The Balaban J connectivity index is 2.38. The largest absolute Gasteiger partial charge is 0.364 e. The average molecular weight is 265 g/mol. The number of aryl methyl sites for hydroxylation is 1. The van der Waals surface area contributed by atoms with E-state index in [-0.39, 0.29) is 0 Å². The maximum absolute atomic E-state index is 5.22. The summed E-state index contributed by atoms with van der Waals surface area (Å²) in [5.41, 5.74) is 2.26.